The van der Waals surface area contributed by atoms with Crippen LogP contribution in [0.4, 0.5) is 0 Å². The van der Waals surface area contributed by atoms with E-state index in [1.165, 1.54) is 16.8 Å². The Hall–Kier alpha value is -2.60. The summed E-state index contributed by atoms with van der Waals surface area (Å²) in [4.78, 5) is 29.5. The van der Waals surface area contributed by atoms with Gasteiger partial charge in [0.05, 0.1) is 12.5 Å². The number of nitrogens with zero attached hydrogens (tertiary/aromatic N) is 3. The summed E-state index contributed by atoms with van der Waals surface area (Å²) in [5.41, 5.74) is 4.60. The highest BCUT2D eigenvalue weighted by Gasteiger charge is 2.31. The molecule has 0 bridgehead atoms. The van der Waals surface area contributed by atoms with Gasteiger partial charge in [0.2, 0.25) is 0 Å². The van der Waals surface area contributed by atoms with Crippen LogP contribution in [0, 0.1) is 5.92 Å². The highest BCUT2D eigenvalue weighted by molar-refractivity contribution is 5.93. The fraction of sp³-hybridized carbons (Fsp3) is 0.500. The quantitative estimate of drug-likeness (QED) is 0.713. The molecule has 1 aromatic heterocycles. The average Bonchev–Trinajstić information content (AvgIpc) is 3.10. The van der Waals surface area contributed by atoms with Crippen LogP contribution >= 0.6 is 0 Å². The molecule has 2 aliphatic heterocycles. The molecular weight excluding hydrogens is 378 g/mol. The van der Waals surface area contributed by atoms with Crippen LogP contribution in [-0.2, 0) is 36.1 Å². The third-order valence-corrected chi connectivity index (χ3v) is 6.38. The van der Waals surface area contributed by atoms with Crippen molar-refractivity contribution in [2.75, 3.05) is 26.2 Å². The van der Waals surface area contributed by atoms with Gasteiger partial charge in [0.15, 0.2) is 0 Å². The minimum Gasteiger partial charge on any atom is -0.466 e. The maximum Gasteiger partial charge on any atom is 0.309 e. The number of hydrogen-bond acceptors (Lipinski definition) is 4. The van der Waals surface area contributed by atoms with E-state index in [1.54, 1.807) is 0 Å². The highest BCUT2D eigenvalue weighted by atomic mass is 16.5. The molecule has 1 aromatic carbocycles. The first kappa shape index (κ1) is 20.7. The zero-order valence-electron chi connectivity index (χ0n) is 18.0. The molecule has 0 spiro atoms. The number of amides is 1. The molecule has 6 nitrogen and oxygen atoms in total. The average molecular weight is 410 g/mol. The Morgan fingerprint density at radius 2 is 1.83 bits per heavy atom. The summed E-state index contributed by atoms with van der Waals surface area (Å²) >= 11 is 0. The lowest BCUT2D eigenvalue weighted by Crippen LogP contribution is -2.41. The molecule has 3 heterocycles. The van der Waals surface area contributed by atoms with Gasteiger partial charge in [0.1, 0.15) is 5.69 Å². The lowest BCUT2D eigenvalue weighted by molar-refractivity contribution is -0.149. The fourth-order valence-corrected chi connectivity index (χ4v) is 4.68. The third-order valence-electron chi connectivity index (χ3n) is 6.38. The van der Waals surface area contributed by atoms with E-state index < -0.39 is 0 Å². The van der Waals surface area contributed by atoms with Gasteiger partial charge in [-0.2, -0.15) is 0 Å². The van der Waals surface area contributed by atoms with Gasteiger partial charge < -0.3 is 14.2 Å². The minimum absolute atomic E-state index is 0.0730. The van der Waals surface area contributed by atoms with Crippen molar-refractivity contribution < 1.29 is 14.3 Å². The highest BCUT2D eigenvalue weighted by Crippen LogP contribution is 2.26. The molecule has 0 aliphatic carbocycles. The molecule has 0 radical (unpaired) electrons. The maximum absolute atomic E-state index is 13.2. The standard InChI is InChI=1S/C24H31N3O3/c1-3-30-24(29)19-9-13-27(14-10-19)23(28)22-15-20-17-26(12-11-21(20)25(22)2)16-18-7-5-4-6-8-18/h4-8,15,19H,3,9-14,16-17H2,1-2H3. The van der Waals surface area contributed by atoms with Crippen molar-refractivity contribution in [2.24, 2.45) is 13.0 Å². The Morgan fingerprint density at radius 3 is 2.53 bits per heavy atom. The number of ether oxygens (including phenoxy) is 1. The molecule has 2 aliphatic rings. The molecule has 1 saturated heterocycles. The van der Waals surface area contributed by atoms with E-state index in [9.17, 15) is 9.59 Å². The van der Waals surface area contributed by atoms with E-state index in [0.29, 0.717) is 32.5 Å². The summed E-state index contributed by atoms with van der Waals surface area (Å²) in [5, 5.41) is 0. The van der Waals surface area contributed by atoms with Gasteiger partial charge in [-0.15, -0.1) is 0 Å². The van der Waals surface area contributed by atoms with Crippen LogP contribution < -0.4 is 0 Å². The van der Waals surface area contributed by atoms with Gasteiger partial charge in [0, 0.05) is 51.9 Å². The van der Waals surface area contributed by atoms with Crippen molar-refractivity contribution >= 4 is 11.9 Å². The number of likely N-dealkylation sites (tertiary alicyclic amines) is 1. The topological polar surface area (TPSA) is 54.8 Å². The second-order valence-corrected chi connectivity index (χ2v) is 8.33. The first-order chi connectivity index (χ1) is 14.6. The lowest BCUT2D eigenvalue weighted by atomic mass is 9.97. The van der Waals surface area contributed by atoms with Crippen LogP contribution in [0.5, 0.6) is 0 Å². The van der Waals surface area contributed by atoms with Crippen LogP contribution in [0.2, 0.25) is 0 Å². The molecule has 0 saturated carbocycles. The smallest absolute Gasteiger partial charge is 0.309 e. The first-order valence-corrected chi connectivity index (χ1v) is 11.0. The summed E-state index contributed by atoms with van der Waals surface area (Å²) < 4.78 is 7.22. The molecule has 1 fully saturated rings. The summed E-state index contributed by atoms with van der Waals surface area (Å²) in [6, 6.07) is 12.6. The van der Waals surface area contributed by atoms with E-state index >= 15 is 0 Å². The Morgan fingerprint density at radius 1 is 1.10 bits per heavy atom. The monoisotopic (exact) mass is 409 g/mol. The van der Waals surface area contributed by atoms with Crippen molar-refractivity contribution in [1.29, 1.82) is 0 Å². The van der Waals surface area contributed by atoms with Crippen molar-refractivity contribution in [3.05, 3.63) is 58.9 Å². The molecule has 4 rings (SSSR count). The van der Waals surface area contributed by atoms with Gasteiger partial charge in [0.25, 0.3) is 5.91 Å². The third kappa shape index (κ3) is 4.29. The molecular formula is C24H31N3O3. The summed E-state index contributed by atoms with van der Waals surface area (Å²) in [6.45, 7) is 6.26. The summed E-state index contributed by atoms with van der Waals surface area (Å²) in [7, 11) is 2.00. The number of esters is 1. The number of benzene rings is 1. The molecule has 0 unspecified atom stereocenters. The number of carbonyl (C=O) groups excluding carboxylic acids is 2. The zero-order valence-corrected chi connectivity index (χ0v) is 18.0. The normalized spacial score (nSPS) is 17.6. The molecule has 6 heteroatoms. The summed E-state index contributed by atoms with van der Waals surface area (Å²) in [5.74, 6) is -0.136. The number of fused-ring (bicyclic) bond motifs is 1. The Bertz CT molecular complexity index is 898. The fourth-order valence-electron chi connectivity index (χ4n) is 4.68. The number of hydrogen-bond donors (Lipinski definition) is 0. The first-order valence-electron chi connectivity index (χ1n) is 11.0. The van der Waals surface area contributed by atoms with Crippen molar-refractivity contribution in [1.82, 2.24) is 14.4 Å². The van der Waals surface area contributed by atoms with E-state index in [2.05, 4.69) is 39.8 Å². The van der Waals surface area contributed by atoms with Gasteiger partial charge in [-0.25, -0.2) is 0 Å². The molecule has 160 valence electrons. The van der Waals surface area contributed by atoms with E-state index in [-0.39, 0.29) is 17.8 Å². The van der Waals surface area contributed by atoms with Gasteiger partial charge in [-0.05, 0) is 37.0 Å². The predicted molar refractivity (Wildman–Crippen MR) is 115 cm³/mol. The maximum atomic E-state index is 13.2. The van der Waals surface area contributed by atoms with Crippen LogP contribution in [-0.4, -0.2) is 52.5 Å². The van der Waals surface area contributed by atoms with Crippen LogP contribution in [0.15, 0.2) is 36.4 Å². The zero-order chi connectivity index (χ0) is 21.1. The molecule has 0 N–H and O–H groups in total. The number of carbonyl (C=O) groups is 2. The van der Waals surface area contributed by atoms with Crippen LogP contribution in [0.3, 0.4) is 0 Å². The van der Waals surface area contributed by atoms with Crippen LogP contribution in [0.1, 0.15) is 47.1 Å². The largest absolute Gasteiger partial charge is 0.466 e. The van der Waals surface area contributed by atoms with Crippen molar-refractivity contribution in [3.8, 4) is 0 Å². The summed E-state index contributed by atoms with van der Waals surface area (Å²) in [6.07, 6.45) is 2.32. The Kier molecular flexibility index (Phi) is 6.23. The van der Waals surface area contributed by atoms with Crippen LogP contribution in [0.25, 0.3) is 0 Å². The number of rotatable bonds is 5. The predicted octanol–water partition coefficient (Wildman–Crippen LogP) is 3.00. The second kappa shape index (κ2) is 9.04. The lowest BCUT2D eigenvalue weighted by Gasteiger charge is -2.31. The van der Waals surface area contributed by atoms with Crippen molar-refractivity contribution in [3.63, 3.8) is 0 Å². The second-order valence-electron chi connectivity index (χ2n) is 8.33. The molecule has 2 aromatic rings. The molecule has 30 heavy (non-hydrogen) atoms. The Labute approximate surface area is 178 Å². The van der Waals surface area contributed by atoms with Gasteiger partial charge >= 0.3 is 5.97 Å². The van der Waals surface area contributed by atoms with Gasteiger partial charge in [-0.1, -0.05) is 30.3 Å². The van der Waals surface area contributed by atoms with E-state index in [1.807, 2.05) is 24.9 Å². The number of piperidine rings is 1. The SMILES string of the molecule is CCOC(=O)C1CCN(C(=O)c2cc3c(n2C)CCN(Cc2ccccc2)C3)CC1. The molecule has 0 atom stereocenters. The Balaban J connectivity index is 1.40. The van der Waals surface area contributed by atoms with E-state index in [0.717, 1.165) is 31.7 Å². The number of aromatic nitrogens is 1. The van der Waals surface area contributed by atoms with Crippen molar-refractivity contribution in [2.45, 2.75) is 39.3 Å². The van der Waals surface area contributed by atoms with Gasteiger partial charge in [-0.3, -0.25) is 14.5 Å². The minimum atomic E-state index is -0.127. The molecule has 1 amide bonds. The van der Waals surface area contributed by atoms with E-state index in [4.69, 9.17) is 4.74 Å².